The highest BCUT2D eigenvalue weighted by Gasteiger charge is 2.13. The van der Waals surface area contributed by atoms with E-state index in [0.717, 1.165) is 5.56 Å². The van der Waals surface area contributed by atoms with Crippen molar-refractivity contribution in [3.05, 3.63) is 18.0 Å². The molecule has 0 fully saturated rings. The van der Waals surface area contributed by atoms with Crippen molar-refractivity contribution in [1.29, 1.82) is 0 Å². The number of methoxy groups -OCH3 is 1. The first-order valence-corrected chi connectivity index (χ1v) is 5.01. The molecule has 2 atom stereocenters. The molecule has 15 heavy (non-hydrogen) atoms. The van der Waals surface area contributed by atoms with Crippen LogP contribution in [-0.2, 0) is 11.8 Å². The lowest BCUT2D eigenvalue weighted by Crippen LogP contribution is -2.38. The minimum atomic E-state index is -0.0368. The average Bonchev–Trinajstić information content (AvgIpc) is 2.64. The van der Waals surface area contributed by atoms with Crippen molar-refractivity contribution in [2.75, 3.05) is 20.3 Å². The summed E-state index contributed by atoms with van der Waals surface area (Å²) in [5.74, 6) is 0. The lowest BCUT2D eigenvalue weighted by atomic mass is 10.1. The van der Waals surface area contributed by atoms with Crippen LogP contribution in [0.2, 0.25) is 0 Å². The molecule has 5 nitrogen and oxygen atoms in total. The van der Waals surface area contributed by atoms with Crippen LogP contribution in [0.4, 0.5) is 0 Å². The molecule has 1 rings (SSSR count). The standard InChI is InChI=1S/C10H19N3O2/c1-8(9-4-11-13(2)5-9)12-10(6-14)7-15-3/h4-5,8,10,12,14H,6-7H2,1-3H3. The number of aromatic nitrogens is 2. The molecule has 0 amide bonds. The first-order chi connectivity index (χ1) is 7.17. The molecule has 1 heterocycles. The van der Waals surface area contributed by atoms with E-state index in [4.69, 9.17) is 9.84 Å². The second-order valence-corrected chi connectivity index (χ2v) is 3.67. The summed E-state index contributed by atoms with van der Waals surface area (Å²) < 4.78 is 6.76. The third-order valence-corrected chi connectivity index (χ3v) is 2.30. The van der Waals surface area contributed by atoms with Crippen LogP contribution in [0.15, 0.2) is 12.4 Å². The number of hydrogen-bond donors (Lipinski definition) is 2. The minimum Gasteiger partial charge on any atom is -0.395 e. The maximum atomic E-state index is 9.09. The molecular formula is C10H19N3O2. The number of aliphatic hydroxyl groups excluding tert-OH is 1. The average molecular weight is 213 g/mol. The molecule has 0 aliphatic rings. The van der Waals surface area contributed by atoms with Crippen LogP contribution in [0.1, 0.15) is 18.5 Å². The number of hydrogen-bond acceptors (Lipinski definition) is 4. The topological polar surface area (TPSA) is 59.3 Å². The highest BCUT2D eigenvalue weighted by molar-refractivity contribution is 5.09. The van der Waals surface area contributed by atoms with E-state index in [9.17, 15) is 0 Å². The summed E-state index contributed by atoms with van der Waals surface area (Å²) in [6, 6.07) is 0.121. The van der Waals surface area contributed by atoms with E-state index < -0.39 is 0 Å². The third kappa shape index (κ3) is 3.62. The van der Waals surface area contributed by atoms with Gasteiger partial charge in [-0.15, -0.1) is 0 Å². The Morgan fingerprint density at radius 1 is 1.67 bits per heavy atom. The molecule has 1 aromatic rings. The van der Waals surface area contributed by atoms with Crippen LogP contribution in [0.25, 0.3) is 0 Å². The van der Waals surface area contributed by atoms with Crippen LogP contribution < -0.4 is 5.32 Å². The van der Waals surface area contributed by atoms with E-state index in [-0.39, 0.29) is 18.7 Å². The van der Waals surface area contributed by atoms with Gasteiger partial charge in [0.25, 0.3) is 0 Å². The fraction of sp³-hybridized carbons (Fsp3) is 0.700. The Hall–Kier alpha value is -0.910. The number of ether oxygens (including phenoxy) is 1. The fourth-order valence-corrected chi connectivity index (χ4v) is 1.47. The van der Waals surface area contributed by atoms with E-state index in [2.05, 4.69) is 10.4 Å². The SMILES string of the molecule is COCC(CO)NC(C)c1cnn(C)c1. The third-order valence-electron chi connectivity index (χ3n) is 2.30. The predicted octanol–water partition coefficient (Wildman–Crippen LogP) is 0.0780. The molecule has 5 heteroatoms. The van der Waals surface area contributed by atoms with E-state index >= 15 is 0 Å². The van der Waals surface area contributed by atoms with Crippen molar-refractivity contribution >= 4 is 0 Å². The maximum Gasteiger partial charge on any atom is 0.0638 e. The normalized spacial score (nSPS) is 15.2. The number of rotatable bonds is 6. The molecule has 1 aromatic heterocycles. The van der Waals surface area contributed by atoms with Crippen molar-refractivity contribution in [2.24, 2.45) is 7.05 Å². The zero-order valence-electron chi connectivity index (χ0n) is 9.47. The summed E-state index contributed by atoms with van der Waals surface area (Å²) in [6.45, 7) is 2.61. The van der Waals surface area contributed by atoms with E-state index in [1.807, 2.05) is 26.4 Å². The summed E-state index contributed by atoms with van der Waals surface area (Å²) in [4.78, 5) is 0. The Balaban J connectivity index is 2.50. The van der Waals surface area contributed by atoms with Crippen molar-refractivity contribution in [2.45, 2.75) is 19.0 Å². The quantitative estimate of drug-likeness (QED) is 0.702. The van der Waals surface area contributed by atoms with Crippen LogP contribution >= 0.6 is 0 Å². The van der Waals surface area contributed by atoms with Gasteiger partial charge in [-0.25, -0.2) is 0 Å². The Morgan fingerprint density at radius 2 is 2.40 bits per heavy atom. The van der Waals surface area contributed by atoms with Crippen molar-refractivity contribution in [3.63, 3.8) is 0 Å². The molecule has 0 spiro atoms. The van der Waals surface area contributed by atoms with Crippen LogP contribution in [-0.4, -0.2) is 41.3 Å². The molecule has 86 valence electrons. The molecule has 0 saturated heterocycles. The van der Waals surface area contributed by atoms with Gasteiger partial charge in [0.2, 0.25) is 0 Å². The summed E-state index contributed by atoms with van der Waals surface area (Å²) in [5, 5.41) is 16.5. The number of aryl methyl sites for hydroxylation is 1. The minimum absolute atomic E-state index is 0.0368. The predicted molar refractivity (Wildman–Crippen MR) is 57.5 cm³/mol. The lowest BCUT2D eigenvalue weighted by Gasteiger charge is -2.20. The molecule has 0 bridgehead atoms. The van der Waals surface area contributed by atoms with Gasteiger partial charge in [-0.3, -0.25) is 4.68 Å². The van der Waals surface area contributed by atoms with Crippen molar-refractivity contribution in [1.82, 2.24) is 15.1 Å². The van der Waals surface area contributed by atoms with E-state index in [1.165, 1.54) is 0 Å². The number of nitrogens with zero attached hydrogens (tertiary/aromatic N) is 2. The van der Waals surface area contributed by atoms with Gasteiger partial charge in [0.05, 0.1) is 25.5 Å². The van der Waals surface area contributed by atoms with Gasteiger partial charge >= 0.3 is 0 Å². The monoisotopic (exact) mass is 213 g/mol. The first kappa shape index (κ1) is 12.2. The molecule has 0 aromatic carbocycles. The Morgan fingerprint density at radius 3 is 2.87 bits per heavy atom. The summed E-state index contributed by atoms with van der Waals surface area (Å²) in [6.07, 6.45) is 3.78. The molecule has 0 radical (unpaired) electrons. The van der Waals surface area contributed by atoms with Crippen LogP contribution in [0.5, 0.6) is 0 Å². The zero-order valence-corrected chi connectivity index (χ0v) is 9.47. The largest absolute Gasteiger partial charge is 0.395 e. The summed E-state index contributed by atoms with van der Waals surface area (Å²) in [7, 11) is 3.51. The maximum absolute atomic E-state index is 9.09. The molecule has 0 aliphatic carbocycles. The Labute approximate surface area is 90.1 Å². The highest BCUT2D eigenvalue weighted by Crippen LogP contribution is 2.10. The molecule has 2 unspecified atom stereocenters. The first-order valence-electron chi connectivity index (χ1n) is 5.01. The highest BCUT2D eigenvalue weighted by atomic mass is 16.5. The zero-order chi connectivity index (χ0) is 11.3. The van der Waals surface area contributed by atoms with Gasteiger partial charge in [0.15, 0.2) is 0 Å². The molecule has 2 N–H and O–H groups in total. The second kappa shape index (κ2) is 5.85. The molecule has 0 aliphatic heterocycles. The van der Waals surface area contributed by atoms with Crippen molar-refractivity contribution in [3.8, 4) is 0 Å². The van der Waals surface area contributed by atoms with Gasteiger partial charge < -0.3 is 15.2 Å². The van der Waals surface area contributed by atoms with Crippen LogP contribution in [0, 0.1) is 0 Å². The second-order valence-electron chi connectivity index (χ2n) is 3.67. The van der Waals surface area contributed by atoms with E-state index in [0.29, 0.717) is 6.61 Å². The van der Waals surface area contributed by atoms with Gasteiger partial charge in [0, 0.05) is 32.0 Å². The Bertz CT molecular complexity index is 288. The molecular weight excluding hydrogens is 194 g/mol. The fourth-order valence-electron chi connectivity index (χ4n) is 1.47. The van der Waals surface area contributed by atoms with E-state index in [1.54, 1.807) is 11.8 Å². The Kier molecular flexibility index (Phi) is 4.74. The molecule has 0 saturated carbocycles. The smallest absolute Gasteiger partial charge is 0.0638 e. The van der Waals surface area contributed by atoms with Gasteiger partial charge in [-0.1, -0.05) is 0 Å². The summed E-state index contributed by atoms with van der Waals surface area (Å²) in [5.41, 5.74) is 1.10. The number of nitrogens with one attached hydrogen (secondary N) is 1. The van der Waals surface area contributed by atoms with Gasteiger partial charge in [-0.2, -0.15) is 5.10 Å². The summed E-state index contributed by atoms with van der Waals surface area (Å²) >= 11 is 0. The van der Waals surface area contributed by atoms with Crippen LogP contribution in [0.3, 0.4) is 0 Å². The number of aliphatic hydroxyl groups is 1. The van der Waals surface area contributed by atoms with Crippen molar-refractivity contribution < 1.29 is 9.84 Å². The lowest BCUT2D eigenvalue weighted by molar-refractivity contribution is 0.123. The van der Waals surface area contributed by atoms with Gasteiger partial charge in [-0.05, 0) is 6.92 Å². The van der Waals surface area contributed by atoms with Gasteiger partial charge in [0.1, 0.15) is 0 Å².